The summed E-state index contributed by atoms with van der Waals surface area (Å²) in [6, 6.07) is 13.0. The zero-order valence-corrected chi connectivity index (χ0v) is 16.8. The molecule has 2 aromatic carbocycles. The van der Waals surface area contributed by atoms with Crippen LogP contribution >= 0.6 is 11.8 Å². The van der Waals surface area contributed by atoms with Gasteiger partial charge in [0.2, 0.25) is 0 Å². The molecular weight excluding hydrogens is 372 g/mol. The number of fused-ring (bicyclic) bond motifs is 1. The molecule has 0 spiro atoms. The van der Waals surface area contributed by atoms with Gasteiger partial charge in [0, 0.05) is 6.42 Å². The predicted molar refractivity (Wildman–Crippen MR) is 112 cm³/mol. The van der Waals surface area contributed by atoms with Gasteiger partial charge in [-0.3, -0.25) is 14.2 Å². The number of aromatic nitrogens is 2. The van der Waals surface area contributed by atoms with Gasteiger partial charge >= 0.3 is 0 Å². The average molecular weight is 394 g/mol. The summed E-state index contributed by atoms with van der Waals surface area (Å²) in [5.41, 5.74) is 2.15. The molecule has 0 bridgehead atoms. The average Bonchev–Trinajstić information content (AvgIpc) is 2.70. The van der Waals surface area contributed by atoms with Gasteiger partial charge in [-0.05, 0) is 49.6 Å². The number of ether oxygens (including phenoxy) is 1. The lowest BCUT2D eigenvalue weighted by atomic mass is 9.99. The largest absolute Gasteiger partial charge is 0.495 e. The van der Waals surface area contributed by atoms with Crippen LogP contribution < -0.4 is 10.3 Å². The maximum atomic E-state index is 13.4. The lowest BCUT2D eigenvalue weighted by molar-refractivity contribution is -0.119. The lowest BCUT2D eigenvalue weighted by Crippen LogP contribution is -2.26. The second kappa shape index (κ2) is 7.80. The van der Waals surface area contributed by atoms with Crippen LogP contribution in [0.4, 0.5) is 0 Å². The minimum absolute atomic E-state index is 0.153. The number of aryl methyl sites for hydroxylation is 1. The Kier molecular flexibility index (Phi) is 5.22. The van der Waals surface area contributed by atoms with Crippen LogP contribution in [0.5, 0.6) is 5.75 Å². The van der Waals surface area contributed by atoms with Crippen molar-refractivity contribution in [3.05, 3.63) is 58.4 Å². The molecule has 1 heterocycles. The topological polar surface area (TPSA) is 61.2 Å². The first-order valence-electron chi connectivity index (χ1n) is 9.44. The molecule has 1 aliphatic carbocycles. The Balaban J connectivity index is 1.95. The number of nitrogens with zero attached hydrogens (tertiary/aromatic N) is 2. The fourth-order valence-electron chi connectivity index (χ4n) is 3.58. The smallest absolute Gasteiger partial charge is 0.266 e. The predicted octanol–water partition coefficient (Wildman–Crippen LogP) is 4.31. The van der Waals surface area contributed by atoms with Crippen molar-refractivity contribution in [2.24, 2.45) is 0 Å². The zero-order valence-electron chi connectivity index (χ0n) is 16.0. The summed E-state index contributed by atoms with van der Waals surface area (Å²) in [5, 5.41) is 0.919. The van der Waals surface area contributed by atoms with Gasteiger partial charge in [0.15, 0.2) is 5.16 Å². The first kappa shape index (κ1) is 18.7. The van der Waals surface area contributed by atoms with Crippen molar-refractivity contribution in [2.75, 3.05) is 7.11 Å². The van der Waals surface area contributed by atoms with Crippen LogP contribution in [-0.2, 0) is 4.79 Å². The van der Waals surface area contributed by atoms with E-state index in [4.69, 9.17) is 9.72 Å². The van der Waals surface area contributed by atoms with Gasteiger partial charge in [-0.2, -0.15) is 0 Å². The van der Waals surface area contributed by atoms with Gasteiger partial charge in [-0.1, -0.05) is 36.4 Å². The van der Waals surface area contributed by atoms with Crippen LogP contribution in [0.1, 0.15) is 31.2 Å². The van der Waals surface area contributed by atoms with Crippen LogP contribution in [0.25, 0.3) is 16.6 Å². The van der Waals surface area contributed by atoms with E-state index in [2.05, 4.69) is 0 Å². The molecule has 5 nitrogen and oxygen atoms in total. The second-order valence-corrected chi connectivity index (χ2v) is 8.22. The number of hydrogen-bond donors (Lipinski definition) is 0. The molecule has 0 unspecified atom stereocenters. The van der Waals surface area contributed by atoms with Crippen molar-refractivity contribution < 1.29 is 9.53 Å². The molecule has 1 aromatic heterocycles. The number of ketones is 1. The van der Waals surface area contributed by atoms with Crippen molar-refractivity contribution in [3.63, 3.8) is 0 Å². The van der Waals surface area contributed by atoms with Gasteiger partial charge in [-0.25, -0.2) is 4.98 Å². The molecule has 1 aliphatic rings. The van der Waals surface area contributed by atoms with E-state index in [0.29, 0.717) is 33.9 Å². The van der Waals surface area contributed by atoms with Gasteiger partial charge in [0.1, 0.15) is 11.5 Å². The minimum Gasteiger partial charge on any atom is -0.495 e. The van der Waals surface area contributed by atoms with Crippen LogP contribution in [0.2, 0.25) is 0 Å². The molecule has 1 fully saturated rings. The zero-order chi connectivity index (χ0) is 19.7. The van der Waals surface area contributed by atoms with Gasteiger partial charge in [0.05, 0.1) is 29.0 Å². The number of Topliss-reactive ketones (excluding diaryl/α,β-unsaturated/α-hetero) is 1. The molecule has 0 saturated heterocycles. The quantitative estimate of drug-likeness (QED) is 0.617. The van der Waals surface area contributed by atoms with E-state index in [1.807, 2.05) is 43.3 Å². The van der Waals surface area contributed by atoms with E-state index in [0.717, 1.165) is 24.8 Å². The summed E-state index contributed by atoms with van der Waals surface area (Å²) in [4.78, 5) is 30.6. The number of thioether (sulfide) groups is 1. The van der Waals surface area contributed by atoms with Crippen molar-refractivity contribution in [3.8, 4) is 11.4 Å². The summed E-state index contributed by atoms with van der Waals surface area (Å²) in [7, 11) is 1.59. The number of methoxy groups -OCH3 is 1. The van der Waals surface area contributed by atoms with E-state index in [1.165, 1.54) is 11.8 Å². The molecule has 3 aromatic rings. The summed E-state index contributed by atoms with van der Waals surface area (Å²) < 4.78 is 7.12. The molecule has 1 atom stereocenters. The van der Waals surface area contributed by atoms with E-state index in [-0.39, 0.29) is 16.6 Å². The van der Waals surface area contributed by atoms with Crippen molar-refractivity contribution >= 4 is 28.4 Å². The first-order valence-corrected chi connectivity index (χ1v) is 10.3. The Morgan fingerprint density at radius 2 is 1.96 bits per heavy atom. The highest BCUT2D eigenvalue weighted by Gasteiger charge is 2.26. The minimum atomic E-state index is -0.163. The van der Waals surface area contributed by atoms with Crippen LogP contribution in [0.15, 0.2) is 52.4 Å². The Hall–Kier alpha value is -2.60. The van der Waals surface area contributed by atoms with Crippen molar-refractivity contribution in [2.45, 2.75) is 43.0 Å². The van der Waals surface area contributed by atoms with Crippen molar-refractivity contribution in [1.82, 2.24) is 9.55 Å². The third-order valence-corrected chi connectivity index (χ3v) is 6.33. The van der Waals surface area contributed by atoms with Gasteiger partial charge in [0.25, 0.3) is 5.56 Å². The summed E-state index contributed by atoms with van der Waals surface area (Å²) >= 11 is 1.39. The third kappa shape index (κ3) is 3.44. The second-order valence-electron chi connectivity index (χ2n) is 7.05. The van der Waals surface area contributed by atoms with Crippen LogP contribution in [0, 0.1) is 6.92 Å². The Morgan fingerprint density at radius 3 is 2.75 bits per heavy atom. The molecule has 1 saturated carbocycles. The Morgan fingerprint density at radius 1 is 1.14 bits per heavy atom. The first-order chi connectivity index (χ1) is 13.6. The number of para-hydroxylation sites is 1. The number of carbonyl (C=O) groups excluding carboxylic acids is 1. The molecular formula is C22H22N2O3S. The van der Waals surface area contributed by atoms with E-state index < -0.39 is 0 Å². The fraction of sp³-hybridized carbons (Fsp3) is 0.318. The highest BCUT2D eigenvalue weighted by Crippen LogP contribution is 2.34. The molecule has 6 heteroatoms. The third-order valence-electron chi connectivity index (χ3n) is 5.07. The van der Waals surface area contributed by atoms with E-state index in [9.17, 15) is 9.59 Å². The molecule has 0 amide bonds. The molecule has 0 N–H and O–H groups in total. The van der Waals surface area contributed by atoms with Crippen molar-refractivity contribution in [1.29, 1.82) is 0 Å². The summed E-state index contributed by atoms with van der Waals surface area (Å²) in [6.07, 6.45) is 3.38. The maximum absolute atomic E-state index is 13.4. The molecule has 28 heavy (non-hydrogen) atoms. The normalized spacial score (nSPS) is 17.1. The van der Waals surface area contributed by atoms with Crippen LogP contribution in [0.3, 0.4) is 0 Å². The fourth-order valence-corrected chi connectivity index (χ4v) is 4.81. The highest BCUT2D eigenvalue weighted by molar-refractivity contribution is 8.00. The molecule has 4 rings (SSSR count). The summed E-state index contributed by atoms with van der Waals surface area (Å²) in [6.45, 7) is 1.97. The number of benzene rings is 2. The Labute approximate surface area is 167 Å². The maximum Gasteiger partial charge on any atom is 0.266 e. The van der Waals surface area contributed by atoms with E-state index in [1.54, 1.807) is 17.7 Å². The monoisotopic (exact) mass is 394 g/mol. The Bertz CT molecular complexity index is 1110. The number of rotatable bonds is 4. The molecule has 144 valence electrons. The standard InChI is InChI=1S/C22H22N2O3S/c1-14-11-12-19(27-2)17(13-14)24-21(26)15-7-3-4-8-16(15)23-22(24)28-20-10-6-5-9-18(20)25/h3-4,7-8,11-13,20H,5-6,9-10H2,1-2H3/t20-/m0/s1. The highest BCUT2D eigenvalue weighted by atomic mass is 32.2. The molecule has 0 aliphatic heterocycles. The lowest BCUT2D eigenvalue weighted by Gasteiger charge is -2.22. The number of hydrogen-bond acceptors (Lipinski definition) is 5. The summed E-state index contributed by atoms with van der Waals surface area (Å²) in [5.74, 6) is 0.836. The number of carbonyl (C=O) groups is 1. The van der Waals surface area contributed by atoms with Gasteiger partial charge in [-0.15, -0.1) is 0 Å². The molecule has 0 radical (unpaired) electrons. The van der Waals surface area contributed by atoms with Crippen LogP contribution in [-0.4, -0.2) is 27.7 Å². The van der Waals surface area contributed by atoms with Gasteiger partial charge < -0.3 is 4.74 Å². The SMILES string of the molecule is COc1ccc(C)cc1-n1c(S[C@H]2CCCCC2=O)nc2ccccc2c1=O. The van der Waals surface area contributed by atoms with E-state index >= 15 is 0 Å².